The second-order valence-electron chi connectivity index (χ2n) is 5.09. The van der Waals surface area contributed by atoms with Crippen molar-refractivity contribution in [3.05, 3.63) is 64.7 Å². The number of nitrogens with one attached hydrogen (secondary N) is 2. The van der Waals surface area contributed by atoms with Crippen LogP contribution in [0.2, 0.25) is 0 Å². The van der Waals surface area contributed by atoms with E-state index >= 15 is 0 Å². The average Bonchev–Trinajstić information content (AvgIpc) is 2.42. The fourth-order valence-electron chi connectivity index (χ4n) is 1.99. The number of anilines is 1. The molecule has 4 heteroatoms. The van der Waals surface area contributed by atoms with E-state index in [1.165, 1.54) is 5.56 Å². The second kappa shape index (κ2) is 6.50. The quantitative estimate of drug-likeness (QED) is 0.830. The first-order valence-electron chi connectivity index (χ1n) is 6.72. The van der Waals surface area contributed by atoms with E-state index in [2.05, 4.69) is 16.7 Å². The number of thiocarbonyl (C=S) groups is 1. The largest absolute Gasteiger partial charge is 0.332 e. The predicted octanol–water partition coefficient (Wildman–Crippen LogP) is 3.74. The van der Waals surface area contributed by atoms with E-state index in [0.717, 1.165) is 16.8 Å². The number of carbonyl (C=O) groups is 1. The van der Waals surface area contributed by atoms with E-state index in [4.69, 9.17) is 12.2 Å². The van der Waals surface area contributed by atoms with Gasteiger partial charge in [-0.05, 0) is 56.8 Å². The Bertz CT molecular complexity index is 678. The van der Waals surface area contributed by atoms with Gasteiger partial charge in [0.1, 0.15) is 0 Å². The Morgan fingerprint density at radius 1 is 0.952 bits per heavy atom. The minimum atomic E-state index is -0.211. The molecule has 2 N–H and O–H groups in total. The zero-order valence-electron chi connectivity index (χ0n) is 12.4. The molecule has 0 bridgehead atoms. The number of benzene rings is 2. The molecule has 21 heavy (non-hydrogen) atoms. The summed E-state index contributed by atoms with van der Waals surface area (Å²) in [7, 11) is 0. The van der Waals surface area contributed by atoms with Gasteiger partial charge in [-0.25, -0.2) is 0 Å². The first kappa shape index (κ1) is 15.2. The van der Waals surface area contributed by atoms with Crippen LogP contribution in [0.3, 0.4) is 0 Å². The van der Waals surface area contributed by atoms with E-state index in [-0.39, 0.29) is 5.91 Å². The minimum absolute atomic E-state index is 0.211. The topological polar surface area (TPSA) is 41.1 Å². The third-order valence-electron chi connectivity index (χ3n) is 3.17. The van der Waals surface area contributed by atoms with Gasteiger partial charge in [0, 0.05) is 11.3 Å². The molecule has 0 saturated heterocycles. The van der Waals surface area contributed by atoms with Gasteiger partial charge in [-0.15, -0.1) is 0 Å². The van der Waals surface area contributed by atoms with Gasteiger partial charge in [-0.2, -0.15) is 0 Å². The number of hydrogen-bond donors (Lipinski definition) is 2. The van der Waals surface area contributed by atoms with Crippen LogP contribution in [0.4, 0.5) is 5.69 Å². The molecule has 2 rings (SSSR count). The Labute approximate surface area is 130 Å². The van der Waals surface area contributed by atoms with Gasteiger partial charge in [0.25, 0.3) is 5.91 Å². The molecule has 0 unspecified atom stereocenters. The second-order valence-corrected chi connectivity index (χ2v) is 5.50. The Morgan fingerprint density at radius 2 is 1.57 bits per heavy atom. The number of aryl methyl sites for hydroxylation is 3. The summed E-state index contributed by atoms with van der Waals surface area (Å²) in [5.74, 6) is -0.211. The lowest BCUT2D eigenvalue weighted by atomic mass is 10.1. The lowest BCUT2D eigenvalue weighted by Gasteiger charge is -2.12. The molecule has 0 aromatic heterocycles. The monoisotopic (exact) mass is 298 g/mol. The summed E-state index contributed by atoms with van der Waals surface area (Å²) < 4.78 is 0. The Hall–Kier alpha value is -2.20. The molecule has 0 aliphatic heterocycles. The standard InChI is InChI=1S/C17H18N2OS/c1-11-4-7-14(8-5-11)16(20)19-17(21)18-15-9-6-12(2)10-13(15)3/h4-10H,1-3H3,(H2,18,19,20,21). The number of hydrogen-bond acceptors (Lipinski definition) is 2. The van der Waals surface area contributed by atoms with E-state index in [1.54, 1.807) is 12.1 Å². The highest BCUT2D eigenvalue weighted by Gasteiger charge is 2.08. The molecular weight excluding hydrogens is 280 g/mol. The first-order valence-corrected chi connectivity index (χ1v) is 7.13. The van der Waals surface area contributed by atoms with Crippen LogP contribution < -0.4 is 10.6 Å². The lowest BCUT2D eigenvalue weighted by molar-refractivity contribution is 0.0977. The van der Waals surface area contributed by atoms with Crippen molar-refractivity contribution >= 4 is 28.9 Å². The van der Waals surface area contributed by atoms with Crippen LogP contribution in [-0.2, 0) is 0 Å². The van der Waals surface area contributed by atoms with Crippen molar-refractivity contribution < 1.29 is 4.79 Å². The zero-order chi connectivity index (χ0) is 15.4. The fraction of sp³-hybridized carbons (Fsp3) is 0.176. The van der Waals surface area contributed by atoms with Crippen LogP contribution in [-0.4, -0.2) is 11.0 Å². The molecule has 0 spiro atoms. The summed E-state index contributed by atoms with van der Waals surface area (Å²) in [5.41, 5.74) is 4.87. The van der Waals surface area contributed by atoms with E-state index < -0.39 is 0 Å². The van der Waals surface area contributed by atoms with Crippen LogP contribution in [0.15, 0.2) is 42.5 Å². The Kier molecular flexibility index (Phi) is 4.70. The normalized spacial score (nSPS) is 10.0. The van der Waals surface area contributed by atoms with Crippen molar-refractivity contribution in [2.24, 2.45) is 0 Å². The molecule has 0 fully saturated rings. The van der Waals surface area contributed by atoms with Crippen molar-refractivity contribution in [2.45, 2.75) is 20.8 Å². The molecule has 0 heterocycles. The van der Waals surface area contributed by atoms with Crippen LogP contribution in [0, 0.1) is 20.8 Å². The highest BCUT2D eigenvalue weighted by Crippen LogP contribution is 2.15. The first-order chi connectivity index (χ1) is 9.95. The van der Waals surface area contributed by atoms with Crippen molar-refractivity contribution in [1.29, 1.82) is 0 Å². The summed E-state index contributed by atoms with van der Waals surface area (Å²) in [6, 6.07) is 13.4. The summed E-state index contributed by atoms with van der Waals surface area (Å²) in [6.45, 7) is 6.02. The van der Waals surface area contributed by atoms with Gasteiger partial charge in [0.2, 0.25) is 0 Å². The molecule has 0 aliphatic rings. The maximum absolute atomic E-state index is 12.1. The van der Waals surface area contributed by atoms with Gasteiger partial charge in [-0.1, -0.05) is 35.4 Å². The van der Waals surface area contributed by atoms with E-state index in [9.17, 15) is 4.79 Å². The van der Waals surface area contributed by atoms with Crippen LogP contribution in [0.25, 0.3) is 0 Å². The Morgan fingerprint density at radius 3 is 2.19 bits per heavy atom. The third kappa shape index (κ3) is 4.13. The predicted molar refractivity (Wildman–Crippen MR) is 90.8 cm³/mol. The van der Waals surface area contributed by atoms with Gasteiger partial charge in [0.15, 0.2) is 5.11 Å². The molecule has 0 saturated carbocycles. The Balaban J connectivity index is 2.01. The minimum Gasteiger partial charge on any atom is -0.332 e. The number of rotatable bonds is 2. The molecule has 0 aliphatic carbocycles. The highest BCUT2D eigenvalue weighted by atomic mass is 32.1. The van der Waals surface area contributed by atoms with Crippen LogP contribution >= 0.6 is 12.2 Å². The fourth-order valence-corrected chi connectivity index (χ4v) is 2.19. The molecule has 0 radical (unpaired) electrons. The van der Waals surface area contributed by atoms with Crippen molar-refractivity contribution in [3.63, 3.8) is 0 Å². The van der Waals surface area contributed by atoms with Gasteiger partial charge in [-0.3, -0.25) is 10.1 Å². The number of amides is 1. The summed E-state index contributed by atoms with van der Waals surface area (Å²) in [5, 5.41) is 6.03. The maximum atomic E-state index is 12.1. The van der Waals surface area contributed by atoms with Crippen LogP contribution in [0.1, 0.15) is 27.0 Å². The maximum Gasteiger partial charge on any atom is 0.257 e. The smallest absolute Gasteiger partial charge is 0.257 e. The van der Waals surface area contributed by atoms with Gasteiger partial charge in [0.05, 0.1) is 0 Å². The zero-order valence-corrected chi connectivity index (χ0v) is 13.2. The lowest BCUT2D eigenvalue weighted by Crippen LogP contribution is -2.34. The van der Waals surface area contributed by atoms with Gasteiger partial charge >= 0.3 is 0 Å². The van der Waals surface area contributed by atoms with Crippen LogP contribution in [0.5, 0.6) is 0 Å². The van der Waals surface area contributed by atoms with E-state index in [0.29, 0.717) is 10.7 Å². The molecule has 0 atom stereocenters. The molecule has 2 aromatic carbocycles. The molecular formula is C17H18N2OS. The van der Waals surface area contributed by atoms with Crippen molar-refractivity contribution in [1.82, 2.24) is 5.32 Å². The number of carbonyl (C=O) groups excluding carboxylic acids is 1. The summed E-state index contributed by atoms with van der Waals surface area (Å²) in [6.07, 6.45) is 0. The molecule has 3 nitrogen and oxygen atoms in total. The summed E-state index contributed by atoms with van der Waals surface area (Å²) in [4.78, 5) is 12.1. The molecule has 2 aromatic rings. The molecule has 108 valence electrons. The third-order valence-corrected chi connectivity index (χ3v) is 3.38. The van der Waals surface area contributed by atoms with Crippen molar-refractivity contribution in [2.75, 3.05) is 5.32 Å². The van der Waals surface area contributed by atoms with Gasteiger partial charge < -0.3 is 5.32 Å². The highest BCUT2D eigenvalue weighted by molar-refractivity contribution is 7.80. The SMILES string of the molecule is Cc1ccc(C(=O)NC(=S)Nc2ccc(C)cc2C)cc1. The van der Waals surface area contributed by atoms with E-state index in [1.807, 2.05) is 45.0 Å². The average molecular weight is 298 g/mol. The van der Waals surface area contributed by atoms with Crippen molar-refractivity contribution in [3.8, 4) is 0 Å². The molecule has 1 amide bonds. The summed E-state index contributed by atoms with van der Waals surface area (Å²) >= 11 is 5.19.